The number of nitrogens with zero attached hydrogens (tertiary/aromatic N) is 2. The van der Waals surface area contributed by atoms with E-state index in [9.17, 15) is 0 Å². The summed E-state index contributed by atoms with van der Waals surface area (Å²) in [6, 6.07) is 28.1. The fourth-order valence-corrected chi connectivity index (χ4v) is 2.34. The fourth-order valence-electron chi connectivity index (χ4n) is 2.34. The Morgan fingerprint density at radius 2 is 0.926 bits per heavy atom. The molecule has 4 rings (SSSR count). The number of para-hydroxylation sites is 3. The van der Waals surface area contributed by atoms with Crippen molar-refractivity contribution in [3.8, 4) is 34.9 Å². The first-order valence-corrected chi connectivity index (χ1v) is 8.42. The molecule has 0 fully saturated rings. The van der Waals surface area contributed by atoms with E-state index in [1.807, 2.05) is 91.0 Å². The summed E-state index contributed by atoms with van der Waals surface area (Å²) in [6.45, 7) is 0. The van der Waals surface area contributed by atoms with Gasteiger partial charge in [-0.25, -0.2) is 4.98 Å². The fraction of sp³-hybridized carbons (Fsp3) is 0. The predicted molar refractivity (Wildman–Crippen MR) is 102 cm³/mol. The molecule has 4 aromatic rings. The molecule has 0 N–H and O–H groups in total. The average Bonchev–Trinajstić information content (AvgIpc) is 2.72. The summed E-state index contributed by atoms with van der Waals surface area (Å²) in [5.74, 6) is 2.72. The van der Waals surface area contributed by atoms with Crippen molar-refractivity contribution in [2.24, 2.45) is 0 Å². The van der Waals surface area contributed by atoms with Gasteiger partial charge in [0.2, 0.25) is 5.88 Å². The van der Waals surface area contributed by atoms with E-state index < -0.39 is 0 Å². The summed E-state index contributed by atoms with van der Waals surface area (Å²) in [5.41, 5.74) is 0. The summed E-state index contributed by atoms with van der Waals surface area (Å²) < 4.78 is 17.5. The summed E-state index contributed by atoms with van der Waals surface area (Å²) in [5, 5.41) is 0. The second-order valence-electron chi connectivity index (χ2n) is 5.56. The zero-order valence-electron chi connectivity index (χ0n) is 14.4. The first-order chi connectivity index (χ1) is 13.4. The van der Waals surface area contributed by atoms with Crippen LogP contribution in [0.2, 0.25) is 0 Å². The van der Waals surface area contributed by atoms with E-state index in [0.29, 0.717) is 23.1 Å². The molecule has 0 saturated heterocycles. The van der Waals surface area contributed by atoms with Gasteiger partial charge in [-0.05, 0) is 36.4 Å². The quantitative estimate of drug-likeness (QED) is 0.433. The lowest BCUT2D eigenvalue weighted by Crippen LogP contribution is -1.98. The maximum atomic E-state index is 5.88. The second kappa shape index (κ2) is 8.01. The van der Waals surface area contributed by atoms with Gasteiger partial charge in [0, 0.05) is 0 Å². The highest BCUT2D eigenvalue weighted by Gasteiger charge is 2.14. The Bertz CT molecular complexity index is 994. The SMILES string of the molecule is c1ccc(Oc2cnc(Oc3ccccc3)c(Oc3ccccc3)n2)cc1. The van der Waals surface area contributed by atoms with Crippen molar-refractivity contribution in [2.45, 2.75) is 0 Å². The van der Waals surface area contributed by atoms with Crippen molar-refractivity contribution in [1.82, 2.24) is 9.97 Å². The van der Waals surface area contributed by atoms with Crippen molar-refractivity contribution < 1.29 is 14.2 Å². The van der Waals surface area contributed by atoms with Crippen molar-refractivity contribution in [2.75, 3.05) is 0 Å². The van der Waals surface area contributed by atoms with Crippen LogP contribution < -0.4 is 14.2 Å². The van der Waals surface area contributed by atoms with Gasteiger partial charge in [0.1, 0.15) is 17.2 Å². The van der Waals surface area contributed by atoms with Crippen molar-refractivity contribution in [1.29, 1.82) is 0 Å². The minimum Gasteiger partial charge on any atom is -0.437 e. The van der Waals surface area contributed by atoms with Crippen LogP contribution in [0.4, 0.5) is 0 Å². The van der Waals surface area contributed by atoms with Gasteiger partial charge in [0.15, 0.2) is 0 Å². The topological polar surface area (TPSA) is 53.5 Å². The minimum atomic E-state index is 0.221. The van der Waals surface area contributed by atoms with Gasteiger partial charge in [-0.15, -0.1) is 0 Å². The molecule has 0 saturated carbocycles. The first-order valence-electron chi connectivity index (χ1n) is 8.42. The largest absolute Gasteiger partial charge is 0.437 e. The molecule has 27 heavy (non-hydrogen) atoms. The normalized spacial score (nSPS) is 10.2. The van der Waals surface area contributed by atoms with Crippen LogP contribution in [-0.4, -0.2) is 9.97 Å². The molecule has 0 radical (unpaired) electrons. The van der Waals surface area contributed by atoms with Crippen LogP contribution in [0.5, 0.6) is 34.9 Å². The highest BCUT2D eigenvalue weighted by Crippen LogP contribution is 2.33. The molecule has 132 valence electrons. The summed E-state index contributed by atoms with van der Waals surface area (Å²) in [7, 11) is 0. The Kier molecular flexibility index (Phi) is 4.93. The Hall–Kier alpha value is -3.86. The predicted octanol–water partition coefficient (Wildman–Crippen LogP) is 5.85. The molecular weight excluding hydrogens is 340 g/mol. The van der Waals surface area contributed by atoms with Crippen molar-refractivity contribution >= 4 is 0 Å². The summed E-state index contributed by atoms with van der Waals surface area (Å²) in [6.07, 6.45) is 1.50. The maximum Gasteiger partial charge on any atom is 0.287 e. The minimum absolute atomic E-state index is 0.221. The molecule has 0 bridgehead atoms. The van der Waals surface area contributed by atoms with Crippen LogP contribution in [0.15, 0.2) is 97.2 Å². The molecule has 0 aliphatic rings. The molecule has 0 aliphatic heterocycles. The zero-order chi connectivity index (χ0) is 18.3. The lowest BCUT2D eigenvalue weighted by Gasteiger charge is -2.12. The zero-order valence-corrected chi connectivity index (χ0v) is 14.4. The van der Waals surface area contributed by atoms with Gasteiger partial charge in [0.25, 0.3) is 11.8 Å². The van der Waals surface area contributed by atoms with Crippen LogP contribution in [0.1, 0.15) is 0 Å². The second-order valence-corrected chi connectivity index (χ2v) is 5.56. The van der Waals surface area contributed by atoms with Crippen LogP contribution >= 0.6 is 0 Å². The van der Waals surface area contributed by atoms with Crippen LogP contribution in [-0.2, 0) is 0 Å². The van der Waals surface area contributed by atoms with Gasteiger partial charge in [-0.1, -0.05) is 54.6 Å². The van der Waals surface area contributed by atoms with Gasteiger partial charge in [0.05, 0.1) is 6.20 Å². The highest BCUT2D eigenvalue weighted by atomic mass is 16.5. The van der Waals surface area contributed by atoms with Crippen molar-refractivity contribution in [3.05, 3.63) is 97.2 Å². The van der Waals surface area contributed by atoms with Gasteiger partial charge in [-0.2, -0.15) is 4.98 Å². The van der Waals surface area contributed by atoms with E-state index in [-0.39, 0.29) is 11.8 Å². The Labute approximate surface area is 156 Å². The molecule has 5 heteroatoms. The van der Waals surface area contributed by atoms with Gasteiger partial charge >= 0.3 is 0 Å². The van der Waals surface area contributed by atoms with E-state index in [1.165, 1.54) is 6.20 Å². The Balaban J connectivity index is 1.65. The standard InChI is InChI=1S/C22H16N2O3/c1-4-10-17(11-5-1)25-20-16-23-21(26-18-12-6-2-7-13-18)22(24-20)27-19-14-8-3-9-15-19/h1-16H. The number of hydrogen-bond donors (Lipinski definition) is 0. The maximum absolute atomic E-state index is 5.88. The third kappa shape index (κ3) is 4.41. The van der Waals surface area contributed by atoms with Crippen molar-refractivity contribution in [3.63, 3.8) is 0 Å². The van der Waals surface area contributed by atoms with Crippen LogP contribution in [0, 0.1) is 0 Å². The molecular formula is C22H16N2O3. The molecule has 0 atom stereocenters. The number of ether oxygens (including phenoxy) is 3. The van der Waals surface area contributed by atoms with E-state index >= 15 is 0 Å². The van der Waals surface area contributed by atoms with E-state index in [2.05, 4.69) is 9.97 Å². The molecule has 0 unspecified atom stereocenters. The third-order valence-corrected chi connectivity index (χ3v) is 3.57. The molecule has 0 aliphatic carbocycles. The molecule has 0 amide bonds. The Morgan fingerprint density at radius 1 is 0.481 bits per heavy atom. The van der Waals surface area contributed by atoms with Crippen LogP contribution in [0.3, 0.4) is 0 Å². The van der Waals surface area contributed by atoms with Crippen LogP contribution in [0.25, 0.3) is 0 Å². The molecule has 0 spiro atoms. The monoisotopic (exact) mass is 356 g/mol. The highest BCUT2D eigenvalue weighted by molar-refractivity contribution is 5.38. The van der Waals surface area contributed by atoms with Gasteiger partial charge in [-0.3, -0.25) is 0 Å². The van der Waals surface area contributed by atoms with E-state index in [0.717, 1.165) is 0 Å². The Morgan fingerprint density at radius 3 is 1.44 bits per heavy atom. The average molecular weight is 356 g/mol. The summed E-state index contributed by atoms with van der Waals surface area (Å²) >= 11 is 0. The number of rotatable bonds is 6. The van der Waals surface area contributed by atoms with Gasteiger partial charge < -0.3 is 14.2 Å². The first kappa shape index (κ1) is 16.6. The number of benzene rings is 3. The molecule has 1 heterocycles. The molecule has 5 nitrogen and oxygen atoms in total. The lowest BCUT2D eigenvalue weighted by molar-refractivity contribution is 0.375. The van der Waals surface area contributed by atoms with E-state index in [1.54, 1.807) is 0 Å². The molecule has 1 aromatic heterocycles. The number of aromatic nitrogens is 2. The summed E-state index contributed by atoms with van der Waals surface area (Å²) in [4.78, 5) is 8.76. The third-order valence-electron chi connectivity index (χ3n) is 3.57. The number of hydrogen-bond acceptors (Lipinski definition) is 5. The smallest absolute Gasteiger partial charge is 0.287 e. The van der Waals surface area contributed by atoms with E-state index in [4.69, 9.17) is 14.2 Å². The lowest BCUT2D eigenvalue weighted by atomic mass is 10.3. The molecule has 3 aromatic carbocycles.